The fraction of sp³-hybridized carbons (Fsp3) is 0.867. The molecule has 1 unspecified atom stereocenters. The second-order valence-electron chi connectivity index (χ2n) is 6.12. The molecule has 0 bridgehead atoms. The minimum atomic E-state index is 0.660. The zero-order chi connectivity index (χ0) is 13.8. The molecule has 1 atom stereocenters. The normalized spacial score (nSPS) is 23.0. The van der Waals surface area contributed by atoms with E-state index in [-0.39, 0.29) is 0 Å². The molecule has 1 aromatic heterocycles. The highest BCUT2D eigenvalue weighted by Gasteiger charge is 2.20. The highest BCUT2D eigenvalue weighted by atomic mass is 15.3. The lowest BCUT2D eigenvalue weighted by atomic mass is 10.0. The van der Waals surface area contributed by atoms with Crippen LogP contribution in [-0.2, 0) is 19.5 Å². The van der Waals surface area contributed by atoms with E-state index in [4.69, 9.17) is 0 Å². The second kappa shape index (κ2) is 6.68. The third-order valence-corrected chi connectivity index (χ3v) is 4.64. The van der Waals surface area contributed by atoms with Gasteiger partial charge >= 0.3 is 0 Å². The number of hydrogen-bond donors (Lipinski definition) is 1. The van der Waals surface area contributed by atoms with Crippen molar-refractivity contribution in [2.75, 3.05) is 19.6 Å². The Bertz CT molecular complexity index is 422. The summed E-state index contributed by atoms with van der Waals surface area (Å²) in [7, 11) is 0. The van der Waals surface area contributed by atoms with Crippen LogP contribution in [0, 0.1) is 0 Å². The Kier molecular flexibility index (Phi) is 4.68. The summed E-state index contributed by atoms with van der Waals surface area (Å²) in [6.45, 7) is 7.70. The molecule has 0 amide bonds. The van der Waals surface area contributed by atoms with Crippen molar-refractivity contribution in [3.05, 3.63) is 11.6 Å². The van der Waals surface area contributed by atoms with Crippen LogP contribution in [0.3, 0.4) is 0 Å². The minimum absolute atomic E-state index is 0.660. The highest BCUT2D eigenvalue weighted by Crippen LogP contribution is 2.16. The van der Waals surface area contributed by atoms with Crippen molar-refractivity contribution in [1.82, 2.24) is 25.0 Å². The molecule has 1 fully saturated rings. The van der Waals surface area contributed by atoms with Gasteiger partial charge in [-0.05, 0) is 38.8 Å². The van der Waals surface area contributed by atoms with Crippen molar-refractivity contribution < 1.29 is 0 Å². The van der Waals surface area contributed by atoms with Gasteiger partial charge in [0.05, 0.1) is 6.54 Å². The van der Waals surface area contributed by atoms with Crippen molar-refractivity contribution in [2.45, 2.75) is 64.6 Å². The van der Waals surface area contributed by atoms with Gasteiger partial charge in [-0.1, -0.05) is 13.3 Å². The van der Waals surface area contributed by atoms with E-state index >= 15 is 0 Å². The summed E-state index contributed by atoms with van der Waals surface area (Å²) in [4.78, 5) is 2.51. The van der Waals surface area contributed by atoms with Crippen molar-refractivity contribution in [2.24, 2.45) is 0 Å². The molecule has 1 N–H and O–H groups in total. The van der Waals surface area contributed by atoms with Crippen LogP contribution in [0.4, 0.5) is 0 Å². The van der Waals surface area contributed by atoms with Crippen LogP contribution < -0.4 is 5.32 Å². The van der Waals surface area contributed by atoms with Crippen LogP contribution in [0.1, 0.15) is 50.7 Å². The molecule has 0 radical (unpaired) electrons. The first-order valence-electron chi connectivity index (χ1n) is 8.23. The Hall–Kier alpha value is -0.940. The number of nitrogens with zero attached hydrogens (tertiary/aromatic N) is 4. The molecule has 3 rings (SSSR count). The van der Waals surface area contributed by atoms with E-state index in [1.807, 2.05) is 0 Å². The number of hydrogen-bond acceptors (Lipinski definition) is 4. The molecule has 1 saturated heterocycles. The van der Waals surface area contributed by atoms with Crippen molar-refractivity contribution >= 4 is 0 Å². The van der Waals surface area contributed by atoms with Gasteiger partial charge in [-0.3, -0.25) is 4.90 Å². The molecule has 0 aliphatic carbocycles. The monoisotopic (exact) mass is 277 g/mol. The molecule has 112 valence electrons. The fourth-order valence-corrected chi connectivity index (χ4v) is 3.38. The molecular formula is C15H27N5. The largest absolute Gasteiger partial charge is 0.314 e. The Morgan fingerprint density at radius 2 is 2.20 bits per heavy atom. The van der Waals surface area contributed by atoms with Gasteiger partial charge in [-0.25, -0.2) is 0 Å². The van der Waals surface area contributed by atoms with Crippen LogP contribution in [-0.4, -0.2) is 45.3 Å². The Morgan fingerprint density at radius 1 is 1.25 bits per heavy atom. The lowest BCUT2D eigenvalue weighted by Gasteiger charge is -2.29. The second-order valence-corrected chi connectivity index (χ2v) is 6.12. The Labute approximate surface area is 121 Å². The zero-order valence-electron chi connectivity index (χ0n) is 12.6. The maximum atomic E-state index is 4.43. The van der Waals surface area contributed by atoms with Crippen LogP contribution in [0.5, 0.6) is 0 Å². The number of aromatic nitrogens is 3. The number of piperidine rings is 1. The van der Waals surface area contributed by atoms with Crippen molar-refractivity contribution in [3.8, 4) is 0 Å². The van der Waals surface area contributed by atoms with Gasteiger partial charge in [0.2, 0.25) is 0 Å². The van der Waals surface area contributed by atoms with Gasteiger partial charge in [0.25, 0.3) is 0 Å². The summed E-state index contributed by atoms with van der Waals surface area (Å²) >= 11 is 0. The molecular weight excluding hydrogens is 250 g/mol. The summed E-state index contributed by atoms with van der Waals surface area (Å²) in [5.41, 5.74) is 0. The van der Waals surface area contributed by atoms with Crippen LogP contribution in [0.15, 0.2) is 0 Å². The molecule has 5 heteroatoms. The average molecular weight is 277 g/mol. The number of fused-ring (bicyclic) bond motifs is 1. The predicted molar refractivity (Wildman–Crippen MR) is 79.6 cm³/mol. The van der Waals surface area contributed by atoms with Crippen molar-refractivity contribution in [3.63, 3.8) is 0 Å². The molecule has 20 heavy (non-hydrogen) atoms. The van der Waals surface area contributed by atoms with Gasteiger partial charge in [0, 0.05) is 25.6 Å². The van der Waals surface area contributed by atoms with Gasteiger partial charge < -0.3 is 9.88 Å². The zero-order valence-corrected chi connectivity index (χ0v) is 12.6. The quantitative estimate of drug-likeness (QED) is 0.887. The smallest absolute Gasteiger partial charge is 0.147 e. The molecule has 0 aromatic carbocycles. The summed E-state index contributed by atoms with van der Waals surface area (Å²) in [6.07, 6.45) is 7.66. The van der Waals surface area contributed by atoms with Crippen LogP contribution in [0.25, 0.3) is 0 Å². The van der Waals surface area contributed by atoms with E-state index in [2.05, 4.69) is 31.9 Å². The van der Waals surface area contributed by atoms with Gasteiger partial charge in [0.15, 0.2) is 0 Å². The molecule has 3 heterocycles. The summed E-state index contributed by atoms with van der Waals surface area (Å²) in [5.74, 6) is 2.36. The first-order valence-corrected chi connectivity index (χ1v) is 8.23. The predicted octanol–water partition coefficient (Wildman–Crippen LogP) is 1.58. The topological polar surface area (TPSA) is 46.0 Å². The minimum Gasteiger partial charge on any atom is -0.314 e. The van der Waals surface area contributed by atoms with Crippen LogP contribution >= 0.6 is 0 Å². The van der Waals surface area contributed by atoms with E-state index in [0.717, 1.165) is 38.4 Å². The summed E-state index contributed by atoms with van der Waals surface area (Å²) in [6, 6.07) is 0.660. The Morgan fingerprint density at radius 3 is 3.00 bits per heavy atom. The molecule has 5 nitrogen and oxygen atoms in total. The summed E-state index contributed by atoms with van der Waals surface area (Å²) < 4.78 is 2.35. The number of nitrogens with one attached hydrogen (secondary N) is 1. The van der Waals surface area contributed by atoms with E-state index in [1.165, 1.54) is 44.5 Å². The number of rotatable bonds is 5. The lowest BCUT2D eigenvalue weighted by molar-refractivity contribution is 0.218. The fourth-order valence-electron chi connectivity index (χ4n) is 3.38. The maximum absolute atomic E-state index is 4.43. The highest BCUT2D eigenvalue weighted by molar-refractivity contribution is 4.99. The summed E-state index contributed by atoms with van der Waals surface area (Å²) in [5, 5.41) is 12.4. The molecule has 2 aliphatic rings. The third kappa shape index (κ3) is 3.20. The Balaban J connectivity index is 1.60. The first-order chi connectivity index (χ1) is 9.86. The van der Waals surface area contributed by atoms with Crippen LogP contribution in [0.2, 0.25) is 0 Å². The first kappa shape index (κ1) is 14.0. The molecule has 0 spiro atoms. The third-order valence-electron chi connectivity index (χ3n) is 4.64. The van der Waals surface area contributed by atoms with Gasteiger partial charge in [-0.15, -0.1) is 10.2 Å². The molecule has 0 saturated carbocycles. The van der Waals surface area contributed by atoms with E-state index in [9.17, 15) is 0 Å². The standard InChI is InChI=1S/C15H27N5/c1-2-19(11-13-7-3-5-9-16-13)12-15-18-17-14-8-4-6-10-20(14)15/h13,16H,2-12H2,1H3. The van der Waals surface area contributed by atoms with Crippen molar-refractivity contribution in [1.29, 1.82) is 0 Å². The van der Waals surface area contributed by atoms with Gasteiger partial charge in [-0.2, -0.15) is 0 Å². The molecule has 1 aromatic rings. The molecule has 2 aliphatic heterocycles. The number of likely N-dealkylation sites (N-methyl/N-ethyl adjacent to an activating group) is 1. The lowest BCUT2D eigenvalue weighted by Crippen LogP contribution is -2.43. The average Bonchev–Trinajstić information content (AvgIpc) is 2.91. The van der Waals surface area contributed by atoms with E-state index in [0.29, 0.717) is 6.04 Å². The maximum Gasteiger partial charge on any atom is 0.147 e. The number of aryl methyl sites for hydroxylation is 1. The SMILES string of the molecule is CCN(Cc1nnc2n1CCCC2)CC1CCCCN1. The van der Waals surface area contributed by atoms with E-state index < -0.39 is 0 Å². The van der Waals surface area contributed by atoms with Gasteiger partial charge in [0.1, 0.15) is 11.6 Å². The van der Waals surface area contributed by atoms with E-state index in [1.54, 1.807) is 0 Å².